The summed E-state index contributed by atoms with van der Waals surface area (Å²) in [5.41, 5.74) is -0.0607. The molecule has 0 spiro atoms. The van der Waals surface area contributed by atoms with Gasteiger partial charge >= 0.3 is 5.97 Å². The van der Waals surface area contributed by atoms with Crippen molar-refractivity contribution in [2.24, 2.45) is 0 Å². The molecule has 1 heterocycles. The molecule has 1 aliphatic heterocycles. The Morgan fingerprint density at radius 3 is 2.95 bits per heavy atom. The molecule has 1 aromatic rings. The maximum Gasteiger partial charge on any atom is 0.342 e. The molecule has 22 heavy (non-hydrogen) atoms. The summed E-state index contributed by atoms with van der Waals surface area (Å²) < 4.78 is 28.4. The predicted octanol–water partition coefficient (Wildman–Crippen LogP) is 1.29. The van der Waals surface area contributed by atoms with Crippen LogP contribution in [0.4, 0.5) is 4.39 Å². The fourth-order valence-electron chi connectivity index (χ4n) is 2.13. The summed E-state index contributed by atoms with van der Waals surface area (Å²) >= 11 is 0. The number of carbonyl (C=O) groups is 2. The number of esters is 1. The Kier molecular flexibility index (Phi) is 5.71. The van der Waals surface area contributed by atoms with Gasteiger partial charge in [-0.05, 0) is 31.0 Å². The first-order valence-corrected chi connectivity index (χ1v) is 6.99. The number of ether oxygens (including phenoxy) is 3. The smallest absolute Gasteiger partial charge is 0.342 e. The van der Waals surface area contributed by atoms with Crippen LogP contribution in [-0.4, -0.2) is 44.8 Å². The van der Waals surface area contributed by atoms with Crippen LogP contribution in [0.3, 0.4) is 0 Å². The van der Waals surface area contributed by atoms with Crippen LogP contribution in [-0.2, 0) is 14.3 Å². The normalized spacial score (nSPS) is 17.1. The zero-order chi connectivity index (χ0) is 15.9. The van der Waals surface area contributed by atoms with Crippen LogP contribution in [0.5, 0.6) is 5.75 Å². The van der Waals surface area contributed by atoms with E-state index in [1.54, 1.807) is 0 Å². The minimum atomic E-state index is -0.816. The maximum absolute atomic E-state index is 13.2. The first-order valence-electron chi connectivity index (χ1n) is 6.99. The highest BCUT2D eigenvalue weighted by atomic mass is 19.1. The number of hydrogen-bond acceptors (Lipinski definition) is 5. The Labute approximate surface area is 127 Å². The highest BCUT2D eigenvalue weighted by Gasteiger charge is 2.18. The van der Waals surface area contributed by atoms with E-state index in [1.807, 2.05) is 0 Å². The molecule has 0 saturated carbocycles. The van der Waals surface area contributed by atoms with E-state index in [0.29, 0.717) is 13.2 Å². The number of nitrogens with one attached hydrogen (secondary N) is 1. The van der Waals surface area contributed by atoms with E-state index < -0.39 is 24.3 Å². The summed E-state index contributed by atoms with van der Waals surface area (Å²) in [6.45, 7) is 0.653. The van der Waals surface area contributed by atoms with Gasteiger partial charge in [0.1, 0.15) is 17.1 Å². The van der Waals surface area contributed by atoms with Crippen LogP contribution in [0, 0.1) is 5.82 Å². The second kappa shape index (κ2) is 7.74. The number of methoxy groups -OCH3 is 1. The fourth-order valence-corrected chi connectivity index (χ4v) is 2.13. The van der Waals surface area contributed by atoms with E-state index in [9.17, 15) is 14.0 Å². The number of carbonyl (C=O) groups excluding carboxylic acids is 2. The summed E-state index contributed by atoms with van der Waals surface area (Å²) in [4.78, 5) is 23.5. The highest BCUT2D eigenvalue weighted by molar-refractivity contribution is 5.94. The Bertz CT molecular complexity index is 543. The molecule has 1 N–H and O–H groups in total. The molecule has 1 saturated heterocycles. The molecule has 120 valence electrons. The maximum atomic E-state index is 13.2. The van der Waals surface area contributed by atoms with Crippen molar-refractivity contribution in [3.63, 3.8) is 0 Å². The molecule has 0 unspecified atom stereocenters. The largest absolute Gasteiger partial charge is 0.496 e. The molecule has 0 bridgehead atoms. The van der Waals surface area contributed by atoms with Crippen molar-refractivity contribution in [3.8, 4) is 5.75 Å². The van der Waals surface area contributed by atoms with Gasteiger partial charge in [0.15, 0.2) is 6.61 Å². The molecular formula is C15H18FNO5. The van der Waals surface area contributed by atoms with Gasteiger partial charge in [0, 0.05) is 13.2 Å². The summed E-state index contributed by atoms with van der Waals surface area (Å²) in [6, 6.07) is 3.50. The molecule has 1 aromatic carbocycles. The van der Waals surface area contributed by atoms with E-state index >= 15 is 0 Å². The Balaban J connectivity index is 1.81. The minimum Gasteiger partial charge on any atom is -0.496 e. The van der Waals surface area contributed by atoms with Crippen LogP contribution in [0.1, 0.15) is 23.2 Å². The quantitative estimate of drug-likeness (QED) is 0.801. The third kappa shape index (κ3) is 4.42. The van der Waals surface area contributed by atoms with E-state index in [-0.39, 0.29) is 17.4 Å². The minimum absolute atomic E-state index is 0.0166. The summed E-state index contributed by atoms with van der Waals surface area (Å²) in [7, 11) is 1.36. The van der Waals surface area contributed by atoms with Crippen molar-refractivity contribution in [3.05, 3.63) is 29.6 Å². The lowest BCUT2D eigenvalue weighted by Gasteiger charge is -2.11. The van der Waals surface area contributed by atoms with Gasteiger partial charge in [0.2, 0.25) is 0 Å². The van der Waals surface area contributed by atoms with Crippen LogP contribution in [0.15, 0.2) is 18.2 Å². The Morgan fingerprint density at radius 2 is 2.27 bits per heavy atom. The van der Waals surface area contributed by atoms with Crippen molar-refractivity contribution >= 4 is 11.9 Å². The SMILES string of the molecule is COc1ccc(F)cc1C(=O)OCC(=O)NC[C@@H]1CCCO1. The lowest BCUT2D eigenvalue weighted by Crippen LogP contribution is -2.34. The first kappa shape index (κ1) is 16.2. The van der Waals surface area contributed by atoms with E-state index in [1.165, 1.54) is 19.2 Å². The summed E-state index contributed by atoms with van der Waals surface area (Å²) in [5, 5.41) is 2.62. The van der Waals surface area contributed by atoms with Crippen LogP contribution >= 0.6 is 0 Å². The number of halogens is 1. The molecule has 0 aliphatic carbocycles. The second-order valence-corrected chi connectivity index (χ2v) is 4.86. The monoisotopic (exact) mass is 311 g/mol. The molecule has 1 amide bonds. The first-order chi connectivity index (χ1) is 10.6. The third-order valence-corrected chi connectivity index (χ3v) is 3.27. The van der Waals surface area contributed by atoms with Crippen LogP contribution in [0.2, 0.25) is 0 Å². The standard InChI is InChI=1S/C15H18FNO5/c1-20-13-5-4-10(16)7-12(13)15(19)22-9-14(18)17-8-11-3-2-6-21-11/h4-5,7,11H,2-3,6,8-9H2,1H3,(H,17,18)/t11-/m0/s1. The van der Waals surface area contributed by atoms with Gasteiger partial charge in [-0.2, -0.15) is 0 Å². The van der Waals surface area contributed by atoms with Gasteiger partial charge in [0.25, 0.3) is 5.91 Å². The summed E-state index contributed by atoms with van der Waals surface area (Å²) in [6.07, 6.45) is 1.90. The van der Waals surface area contributed by atoms with Gasteiger partial charge in [0.05, 0.1) is 13.2 Å². The number of rotatable bonds is 6. The molecule has 2 rings (SSSR count). The fraction of sp³-hybridized carbons (Fsp3) is 0.467. The molecule has 6 nitrogen and oxygen atoms in total. The molecule has 0 aromatic heterocycles. The van der Waals surface area contributed by atoms with Gasteiger partial charge in [-0.25, -0.2) is 9.18 Å². The van der Waals surface area contributed by atoms with Crippen molar-refractivity contribution in [1.82, 2.24) is 5.32 Å². The molecule has 1 aliphatic rings. The van der Waals surface area contributed by atoms with Crippen LogP contribution in [0.25, 0.3) is 0 Å². The lowest BCUT2D eigenvalue weighted by molar-refractivity contribution is -0.124. The van der Waals surface area contributed by atoms with Gasteiger partial charge in [-0.15, -0.1) is 0 Å². The van der Waals surface area contributed by atoms with Gasteiger partial charge in [-0.1, -0.05) is 0 Å². The average molecular weight is 311 g/mol. The molecule has 1 atom stereocenters. The molecule has 7 heteroatoms. The van der Waals surface area contributed by atoms with Gasteiger partial charge < -0.3 is 19.5 Å². The summed E-state index contributed by atoms with van der Waals surface area (Å²) in [5.74, 6) is -1.65. The Hall–Kier alpha value is -2.15. The van der Waals surface area contributed by atoms with Crippen molar-refractivity contribution < 1.29 is 28.2 Å². The van der Waals surface area contributed by atoms with Crippen LogP contribution < -0.4 is 10.1 Å². The zero-order valence-electron chi connectivity index (χ0n) is 12.3. The number of amides is 1. The highest BCUT2D eigenvalue weighted by Crippen LogP contribution is 2.20. The predicted molar refractivity (Wildman–Crippen MR) is 75.2 cm³/mol. The van der Waals surface area contributed by atoms with E-state index in [4.69, 9.17) is 14.2 Å². The zero-order valence-corrected chi connectivity index (χ0v) is 12.3. The van der Waals surface area contributed by atoms with Gasteiger partial charge in [-0.3, -0.25) is 4.79 Å². The van der Waals surface area contributed by atoms with E-state index in [0.717, 1.165) is 18.9 Å². The average Bonchev–Trinajstić information content (AvgIpc) is 3.04. The third-order valence-electron chi connectivity index (χ3n) is 3.27. The van der Waals surface area contributed by atoms with Crippen molar-refractivity contribution in [1.29, 1.82) is 0 Å². The number of benzene rings is 1. The molecule has 0 radical (unpaired) electrons. The second-order valence-electron chi connectivity index (χ2n) is 4.86. The Morgan fingerprint density at radius 1 is 1.45 bits per heavy atom. The topological polar surface area (TPSA) is 73.9 Å². The van der Waals surface area contributed by atoms with Crippen molar-refractivity contribution in [2.75, 3.05) is 26.9 Å². The number of hydrogen-bond donors (Lipinski definition) is 1. The van der Waals surface area contributed by atoms with Crippen molar-refractivity contribution in [2.45, 2.75) is 18.9 Å². The van der Waals surface area contributed by atoms with E-state index in [2.05, 4.69) is 5.32 Å². The molecular weight excluding hydrogens is 293 g/mol. The lowest BCUT2D eigenvalue weighted by atomic mass is 10.2. The molecule has 1 fully saturated rings.